The van der Waals surface area contributed by atoms with Crippen molar-refractivity contribution in [3.05, 3.63) is 36.0 Å². The van der Waals surface area contributed by atoms with Crippen LogP contribution in [0.1, 0.15) is 93.6 Å². The van der Waals surface area contributed by atoms with Crippen molar-refractivity contribution in [2.24, 2.45) is 28.7 Å². The van der Waals surface area contributed by atoms with Gasteiger partial charge in [-0.05, 0) is 90.2 Å². The molecule has 5 heterocycles. The maximum Gasteiger partial charge on any atom is 0.288 e. The number of nitrogens with one attached hydrogen (secondary N) is 2. The van der Waals surface area contributed by atoms with E-state index in [4.69, 9.17) is 28.7 Å². The summed E-state index contributed by atoms with van der Waals surface area (Å²) in [5, 5.41) is 28.1. The Morgan fingerprint density at radius 1 is 1.05 bits per heavy atom. The number of nitrogens with zero attached hydrogens (tertiary/aromatic N) is 3. The number of ether oxygens (including phenoxy) is 5. The quantitative estimate of drug-likeness (QED) is 0.294. The molecule has 0 radical (unpaired) electrons. The number of H-pyrrole nitrogens is 1. The third-order valence-corrected chi connectivity index (χ3v) is 13.6. The highest BCUT2D eigenvalue weighted by atomic mass is 16.7. The lowest BCUT2D eigenvalue weighted by Crippen LogP contribution is -2.58. The normalized spacial score (nSPS) is 41.0. The molecule has 0 saturated carbocycles. The zero-order chi connectivity index (χ0) is 43.1. The van der Waals surface area contributed by atoms with Gasteiger partial charge in [0.15, 0.2) is 12.4 Å². The zero-order valence-electron chi connectivity index (χ0n) is 37.3. The highest BCUT2D eigenvalue weighted by molar-refractivity contribution is 5.90. The monoisotopic (exact) mass is 826 g/mol. The molecule has 15 atom stereocenters. The van der Waals surface area contributed by atoms with Crippen molar-refractivity contribution in [1.29, 1.82) is 0 Å². The van der Waals surface area contributed by atoms with Gasteiger partial charge in [-0.2, -0.15) is 0 Å². The molecule has 1 aromatic heterocycles. The number of carbonyl (C=O) groups is 2. The van der Waals surface area contributed by atoms with E-state index in [2.05, 4.69) is 15.2 Å². The van der Waals surface area contributed by atoms with E-state index >= 15 is 0 Å². The highest BCUT2D eigenvalue weighted by Gasteiger charge is 2.53. The van der Waals surface area contributed by atoms with Crippen molar-refractivity contribution in [3.63, 3.8) is 0 Å². The van der Waals surface area contributed by atoms with E-state index < -0.39 is 71.8 Å². The first-order chi connectivity index (χ1) is 27.7. The van der Waals surface area contributed by atoms with Gasteiger partial charge < -0.3 is 54.0 Å². The van der Waals surface area contributed by atoms with E-state index in [1.807, 2.05) is 92.9 Å². The third-order valence-electron chi connectivity index (χ3n) is 13.6. The number of hydrogen-bond acceptors (Lipinski definition) is 10. The maximum atomic E-state index is 14.8. The summed E-state index contributed by atoms with van der Waals surface area (Å²) in [7, 11) is 5.34. The lowest BCUT2D eigenvalue weighted by atomic mass is 9.70. The van der Waals surface area contributed by atoms with Gasteiger partial charge in [-0.3, -0.25) is 9.59 Å². The Bertz CT molecular complexity index is 1800. The fraction of sp³-hybridized carbons (Fsp3) is 0.756. The minimum Gasteiger partial charge on any atom is -0.454 e. The van der Waals surface area contributed by atoms with Gasteiger partial charge in [0.1, 0.15) is 12.1 Å². The van der Waals surface area contributed by atoms with Crippen LogP contribution in [0.25, 0.3) is 10.9 Å². The van der Waals surface area contributed by atoms with E-state index in [1.165, 1.54) is 0 Å². The minimum absolute atomic E-state index is 0.0223. The van der Waals surface area contributed by atoms with Gasteiger partial charge in [0.2, 0.25) is 11.8 Å². The molecule has 4 saturated heterocycles. The topological polar surface area (TPSA) is 167 Å². The molecule has 0 bridgehead atoms. The number of methoxy groups -OCH3 is 1. The molecule has 0 spiro atoms. The van der Waals surface area contributed by atoms with E-state index in [0.29, 0.717) is 44.7 Å². The number of rotatable bonds is 8. The molecule has 0 aliphatic carbocycles. The van der Waals surface area contributed by atoms with Gasteiger partial charge in [0, 0.05) is 69.7 Å². The lowest BCUT2D eigenvalue weighted by Gasteiger charge is -2.48. The smallest absolute Gasteiger partial charge is 0.288 e. The zero-order valence-corrected chi connectivity index (χ0v) is 37.3. The summed E-state index contributed by atoms with van der Waals surface area (Å²) in [6, 6.07) is 7.60. The molecule has 14 nitrogen and oxygen atoms in total. The Hall–Kier alpha value is -3.27. The highest BCUT2D eigenvalue weighted by Crippen LogP contribution is 2.43. The largest absolute Gasteiger partial charge is 0.454 e. The second-order valence-electron chi connectivity index (χ2n) is 19.1. The van der Waals surface area contributed by atoms with Gasteiger partial charge in [0.25, 0.3) is 6.02 Å². The van der Waals surface area contributed by atoms with Crippen LogP contribution in [0.3, 0.4) is 0 Å². The van der Waals surface area contributed by atoms with Crippen LogP contribution in [-0.2, 0) is 39.7 Å². The number of aliphatic imine (C=N–C) groups is 1. The summed E-state index contributed by atoms with van der Waals surface area (Å²) in [6.07, 6.45) is -0.0984. The van der Waals surface area contributed by atoms with Crippen LogP contribution in [0, 0.1) is 23.7 Å². The SMILES string of the molecule is CO[C@]1(C)C[C@H](C[C@H]2[C@H](C)[C@@H](O[C@@H]3O[C@H](C)CC4C3OC(=NC(C)C)N4C)[C@](C)(O)C[C@@H](C)CN(C)C(=O)[C@H](Cc3c[nH]c4ccccc34)NC(=O)[C@@H]2C)O[C@@H](C)[C@@H]1O. The summed E-state index contributed by atoms with van der Waals surface area (Å²) in [5.41, 5.74) is -0.423. The molecule has 1 aromatic carbocycles. The van der Waals surface area contributed by atoms with Crippen LogP contribution in [0.4, 0.5) is 0 Å². The number of carbonyl (C=O) groups excluding carboxylic acids is 2. The van der Waals surface area contributed by atoms with Gasteiger partial charge in [0.05, 0.1) is 41.7 Å². The number of aromatic amines is 1. The van der Waals surface area contributed by atoms with Gasteiger partial charge in [-0.25, -0.2) is 4.99 Å². The molecule has 6 rings (SSSR count). The Balaban J connectivity index is 1.39. The molecule has 2 amide bonds. The Labute approximate surface area is 350 Å². The summed E-state index contributed by atoms with van der Waals surface area (Å²) >= 11 is 0. The van der Waals surface area contributed by atoms with E-state index in [1.54, 1.807) is 26.0 Å². The predicted molar refractivity (Wildman–Crippen MR) is 226 cm³/mol. The third kappa shape index (κ3) is 9.63. The fourth-order valence-corrected chi connectivity index (χ4v) is 10.5. The second-order valence-corrected chi connectivity index (χ2v) is 19.1. The van der Waals surface area contributed by atoms with Crippen molar-refractivity contribution in [2.45, 2.75) is 167 Å². The van der Waals surface area contributed by atoms with Crippen molar-refractivity contribution in [3.8, 4) is 0 Å². The molecule has 4 aliphatic heterocycles. The van der Waals surface area contributed by atoms with Crippen LogP contribution >= 0.6 is 0 Å². The van der Waals surface area contributed by atoms with Gasteiger partial charge >= 0.3 is 0 Å². The molecule has 4 N–H and O–H groups in total. The summed E-state index contributed by atoms with van der Waals surface area (Å²) in [6.45, 7) is 17.8. The summed E-state index contributed by atoms with van der Waals surface area (Å²) in [5.74, 6) is -2.17. The number of amides is 2. The average molecular weight is 826 g/mol. The van der Waals surface area contributed by atoms with Gasteiger partial charge in [-0.1, -0.05) is 39.0 Å². The number of amidine groups is 1. The van der Waals surface area contributed by atoms with Crippen LogP contribution < -0.4 is 5.32 Å². The summed E-state index contributed by atoms with van der Waals surface area (Å²) < 4.78 is 32.5. The molecule has 330 valence electrons. The van der Waals surface area contributed by atoms with Crippen LogP contribution in [-0.4, -0.2) is 143 Å². The van der Waals surface area contributed by atoms with Crippen molar-refractivity contribution in [1.82, 2.24) is 20.1 Å². The number of aromatic nitrogens is 1. The predicted octanol–water partition coefficient (Wildman–Crippen LogP) is 4.65. The van der Waals surface area contributed by atoms with Crippen LogP contribution in [0.5, 0.6) is 0 Å². The minimum atomic E-state index is -1.44. The van der Waals surface area contributed by atoms with Gasteiger partial charge in [-0.15, -0.1) is 0 Å². The molecule has 4 aliphatic rings. The van der Waals surface area contributed by atoms with Crippen molar-refractivity contribution < 1.29 is 43.5 Å². The van der Waals surface area contributed by atoms with Crippen LogP contribution in [0.2, 0.25) is 0 Å². The Morgan fingerprint density at radius 3 is 2.46 bits per heavy atom. The van der Waals surface area contributed by atoms with E-state index in [-0.39, 0.29) is 35.9 Å². The maximum absolute atomic E-state index is 14.8. The molecular weight excluding hydrogens is 755 g/mol. The first-order valence-electron chi connectivity index (χ1n) is 21.7. The van der Waals surface area contributed by atoms with Crippen molar-refractivity contribution in [2.75, 3.05) is 27.7 Å². The van der Waals surface area contributed by atoms with E-state index in [9.17, 15) is 19.8 Å². The van der Waals surface area contributed by atoms with Crippen LogP contribution in [0.15, 0.2) is 35.5 Å². The Kier molecular flexibility index (Phi) is 13.8. The number of fused-ring (bicyclic) bond motifs is 2. The first kappa shape index (κ1) is 45.3. The molecule has 59 heavy (non-hydrogen) atoms. The molecule has 14 heteroatoms. The standard InChI is InChI=1S/C45H71N5O9/c1-24(2)47-43-50(11)36-17-26(4)56-42(37(36)58-43)59-39-27(5)33(19-31-21-45(9,55-12)38(51)29(7)57-31)28(6)40(52)48-35(18-30-22-46-34-16-14-13-15-32(30)34)41(53)49(10)23-25(3)20-44(39,8)54/h13-16,22,24-29,31,33,35-39,42,46,51,54H,17-21,23H2,1-12H3,(H,48,52)/t25-,26-,27+,28-,29+,31+,33+,35+,36?,37?,38+,39-,42+,44-,45-/m1/s1. The fourth-order valence-electron chi connectivity index (χ4n) is 10.5. The van der Waals surface area contributed by atoms with Crippen molar-refractivity contribution >= 4 is 28.7 Å². The first-order valence-corrected chi connectivity index (χ1v) is 21.7. The Morgan fingerprint density at radius 2 is 1.76 bits per heavy atom. The number of hydrogen-bond donors (Lipinski definition) is 4. The number of likely N-dealkylation sites (N-methyl/N-ethyl adjacent to an activating group) is 2. The second kappa shape index (κ2) is 18.0. The number of benzene rings is 1. The molecule has 2 aromatic rings. The average Bonchev–Trinajstić information content (AvgIpc) is 3.72. The molecule has 2 unspecified atom stereocenters. The number of para-hydroxylation sites is 1. The number of aliphatic hydroxyl groups excluding tert-OH is 1. The molecule has 4 fully saturated rings. The summed E-state index contributed by atoms with van der Waals surface area (Å²) in [4.78, 5) is 41.0. The molecular formula is C45H71N5O9. The van der Waals surface area contributed by atoms with E-state index in [0.717, 1.165) is 16.5 Å². The number of aliphatic hydroxyl groups is 2. The lowest BCUT2D eigenvalue weighted by molar-refractivity contribution is -0.287.